The molecule has 2 rings (SSSR count). The van der Waals surface area contributed by atoms with Crippen LogP contribution in [-0.2, 0) is 11.3 Å². The van der Waals surface area contributed by atoms with Gasteiger partial charge in [-0.1, -0.05) is 23.7 Å². The van der Waals surface area contributed by atoms with E-state index >= 15 is 0 Å². The molecule has 17 heavy (non-hydrogen) atoms. The van der Waals surface area contributed by atoms with Crippen LogP contribution in [0.15, 0.2) is 24.3 Å². The molecular formula is C12H15Cl2NO2. The molecule has 0 aromatic heterocycles. The van der Waals surface area contributed by atoms with E-state index in [9.17, 15) is 4.79 Å². The summed E-state index contributed by atoms with van der Waals surface area (Å²) in [6.45, 7) is 1.51. The number of rotatable bonds is 3. The number of carboxylic acids is 1. The Hall–Kier alpha value is -0.770. The van der Waals surface area contributed by atoms with Gasteiger partial charge in [0.15, 0.2) is 0 Å². The van der Waals surface area contributed by atoms with Crippen molar-refractivity contribution in [2.24, 2.45) is 0 Å². The number of aliphatic carboxylic acids is 1. The predicted octanol–water partition coefficient (Wildman–Crippen LogP) is 2.81. The lowest BCUT2D eigenvalue weighted by molar-refractivity contribution is -0.142. The third-order valence-corrected chi connectivity index (χ3v) is 3.16. The predicted molar refractivity (Wildman–Crippen MR) is 69.8 cm³/mol. The molecule has 1 N–H and O–H groups in total. The summed E-state index contributed by atoms with van der Waals surface area (Å²) >= 11 is 5.89. The van der Waals surface area contributed by atoms with Crippen LogP contribution in [0, 0.1) is 0 Å². The van der Waals surface area contributed by atoms with E-state index in [1.54, 1.807) is 0 Å². The van der Waals surface area contributed by atoms with Gasteiger partial charge in [-0.3, -0.25) is 9.69 Å². The van der Waals surface area contributed by atoms with Crippen LogP contribution in [0.3, 0.4) is 0 Å². The molecule has 1 heterocycles. The van der Waals surface area contributed by atoms with E-state index in [0.29, 0.717) is 11.6 Å². The van der Waals surface area contributed by atoms with Gasteiger partial charge >= 0.3 is 5.97 Å². The molecule has 0 radical (unpaired) electrons. The van der Waals surface area contributed by atoms with Crippen molar-refractivity contribution in [1.29, 1.82) is 0 Å². The first-order chi connectivity index (χ1) is 7.66. The van der Waals surface area contributed by atoms with Gasteiger partial charge in [-0.25, -0.2) is 0 Å². The van der Waals surface area contributed by atoms with Crippen LogP contribution < -0.4 is 0 Å². The van der Waals surface area contributed by atoms with Crippen molar-refractivity contribution in [2.45, 2.75) is 25.4 Å². The third-order valence-electron chi connectivity index (χ3n) is 2.92. The van der Waals surface area contributed by atoms with Gasteiger partial charge in [0.1, 0.15) is 6.04 Å². The number of hydrogen-bond donors (Lipinski definition) is 1. The maximum Gasteiger partial charge on any atom is 0.320 e. The molecule has 1 aromatic carbocycles. The van der Waals surface area contributed by atoms with Gasteiger partial charge < -0.3 is 5.11 Å². The van der Waals surface area contributed by atoms with Crippen molar-refractivity contribution >= 4 is 30.0 Å². The summed E-state index contributed by atoms with van der Waals surface area (Å²) in [5.41, 5.74) is 1.07. The second-order valence-electron chi connectivity index (χ2n) is 4.10. The van der Waals surface area contributed by atoms with Gasteiger partial charge in [0, 0.05) is 11.6 Å². The molecular weight excluding hydrogens is 261 g/mol. The number of hydrogen-bond acceptors (Lipinski definition) is 2. The molecule has 1 aliphatic heterocycles. The van der Waals surface area contributed by atoms with Gasteiger partial charge in [-0.15, -0.1) is 12.4 Å². The second-order valence-corrected chi connectivity index (χ2v) is 4.53. The molecule has 1 unspecified atom stereocenters. The standard InChI is InChI=1S/C12H14ClNO2.ClH/c13-10-4-1-3-9(7-10)8-14-6-2-5-11(14)12(15)16;/h1,3-4,7,11H,2,5-6,8H2,(H,15,16);1H. The van der Waals surface area contributed by atoms with E-state index < -0.39 is 5.97 Å². The number of likely N-dealkylation sites (tertiary alicyclic amines) is 1. The number of carboxylic acid groups (broad SMARTS) is 1. The average Bonchev–Trinajstić information content (AvgIpc) is 2.66. The van der Waals surface area contributed by atoms with Crippen LogP contribution in [0.4, 0.5) is 0 Å². The Morgan fingerprint density at radius 1 is 1.53 bits per heavy atom. The first kappa shape index (κ1) is 14.3. The zero-order chi connectivity index (χ0) is 11.5. The van der Waals surface area contributed by atoms with Crippen LogP contribution in [0.25, 0.3) is 0 Å². The van der Waals surface area contributed by atoms with Crippen LogP contribution >= 0.6 is 24.0 Å². The Morgan fingerprint density at radius 2 is 2.29 bits per heavy atom. The summed E-state index contributed by atoms with van der Waals surface area (Å²) < 4.78 is 0. The Bertz CT molecular complexity index is 398. The monoisotopic (exact) mass is 275 g/mol. The van der Waals surface area contributed by atoms with Crippen LogP contribution in [-0.4, -0.2) is 28.6 Å². The zero-order valence-corrected chi connectivity index (χ0v) is 10.9. The molecule has 1 aromatic rings. The summed E-state index contributed by atoms with van der Waals surface area (Å²) in [5, 5.41) is 9.75. The molecule has 0 spiro atoms. The molecule has 0 saturated carbocycles. The molecule has 1 fully saturated rings. The number of carbonyl (C=O) groups is 1. The lowest BCUT2D eigenvalue weighted by Gasteiger charge is -2.20. The summed E-state index contributed by atoms with van der Waals surface area (Å²) in [4.78, 5) is 13.0. The molecule has 0 bridgehead atoms. The summed E-state index contributed by atoms with van der Waals surface area (Å²) in [5.74, 6) is -0.723. The van der Waals surface area contributed by atoms with Crippen molar-refractivity contribution in [3.63, 3.8) is 0 Å². The molecule has 1 aliphatic rings. The fourth-order valence-electron chi connectivity index (χ4n) is 2.16. The van der Waals surface area contributed by atoms with Crippen molar-refractivity contribution in [2.75, 3.05) is 6.54 Å². The first-order valence-corrected chi connectivity index (χ1v) is 5.76. The van der Waals surface area contributed by atoms with Crippen LogP contribution in [0.1, 0.15) is 18.4 Å². The van der Waals surface area contributed by atoms with Gasteiger partial charge in [0.05, 0.1) is 0 Å². The molecule has 1 saturated heterocycles. The Labute approximate surface area is 112 Å². The highest BCUT2D eigenvalue weighted by Gasteiger charge is 2.30. The molecule has 5 heteroatoms. The van der Waals surface area contributed by atoms with E-state index in [1.165, 1.54) is 0 Å². The van der Waals surface area contributed by atoms with Crippen molar-refractivity contribution in [3.8, 4) is 0 Å². The van der Waals surface area contributed by atoms with Crippen molar-refractivity contribution in [3.05, 3.63) is 34.9 Å². The minimum Gasteiger partial charge on any atom is -0.480 e. The van der Waals surface area contributed by atoms with Gasteiger partial charge in [-0.2, -0.15) is 0 Å². The van der Waals surface area contributed by atoms with E-state index in [1.807, 2.05) is 29.2 Å². The number of nitrogens with zero attached hydrogens (tertiary/aromatic N) is 1. The summed E-state index contributed by atoms with van der Waals surface area (Å²) in [7, 11) is 0. The van der Waals surface area contributed by atoms with Crippen molar-refractivity contribution in [1.82, 2.24) is 4.90 Å². The van der Waals surface area contributed by atoms with Gasteiger partial charge in [0.25, 0.3) is 0 Å². The van der Waals surface area contributed by atoms with Crippen molar-refractivity contribution < 1.29 is 9.90 Å². The lowest BCUT2D eigenvalue weighted by Crippen LogP contribution is -2.35. The normalized spacial score (nSPS) is 19.9. The lowest BCUT2D eigenvalue weighted by atomic mass is 10.2. The minimum atomic E-state index is -0.723. The second kappa shape index (κ2) is 6.24. The van der Waals surface area contributed by atoms with Gasteiger partial charge in [-0.05, 0) is 37.1 Å². The number of halogens is 2. The van der Waals surface area contributed by atoms with E-state index in [0.717, 1.165) is 24.9 Å². The topological polar surface area (TPSA) is 40.5 Å². The maximum absolute atomic E-state index is 11.0. The average molecular weight is 276 g/mol. The SMILES string of the molecule is Cl.O=C(O)C1CCCN1Cc1cccc(Cl)c1. The molecule has 0 aliphatic carbocycles. The molecule has 0 amide bonds. The maximum atomic E-state index is 11.0. The van der Waals surface area contributed by atoms with E-state index in [-0.39, 0.29) is 18.4 Å². The van der Waals surface area contributed by atoms with Gasteiger partial charge in [0.2, 0.25) is 0 Å². The van der Waals surface area contributed by atoms with Crippen LogP contribution in [0.5, 0.6) is 0 Å². The third kappa shape index (κ3) is 3.60. The summed E-state index contributed by atoms with van der Waals surface area (Å²) in [6, 6.07) is 7.24. The number of benzene rings is 1. The highest BCUT2D eigenvalue weighted by molar-refractivity contribution is 6.30. The molecule has 1 atom stereocenters. The Morgan fingerprint density at radius 3 is 2.94 bits per heavy atom. The van der Waals surface area contributed by atoms with E-state index in [4.69, 9.17) is 16.7 Å². The highest BCUT2D eigenvalue weighted by atomic mass is 35.5. The fraction of sp³-hybridized carbons (Fsp3) is 0.417. The molecule has 3 nitrogen and oxygen atoms in total. The zero-order valence-electron chi connectivity index (χ0n) is 9.30. The molecule has 94 valence electrons. The highest BCUT2D eigenvalue weighted by Crippen LogP contribution is 2.21. The Balaban J connectivity index is 0.00000144. The first-order valence-electron chi connectivity index (χ1n) is 5.38. The largest absolute Gasteiger partial charge is 0.480 e. The quantitative estimate of drug-likeness (QED) is 0.922. The smallest absolute Gasteiger partial charge is 0.320 e. The fourth-order valence-corrected chi connectivity index (χ4v) is 2.38. The van der Waals surface area contributed by atoms with Crippen LogP contribution in [0.2, 0.25) is 5.02 Å². The minimum absolute atomic E-state index is 0. The summed E-state index contributed by atoms with van der Waals surface area (Å²) in [6.07, 6.45) is 1.70. The Kier molecular flexibility index (Phi) is 5.25. The van der Waals surface area contributed by atoms with E-state index in [2.05, 4.69) is 0 Å².